The third-order valence-corrected chi connectivity index (χ3v) is 5.11. The third-order valence-electron chi connectivity index (χ3n) is 3.72. The lowest BCUT2D eigenvalue weighted by Crippen LogP contribution is -1.99. The Bertz CT molecular complexity index is 1000. The average Bonchev–Trinajstić information content (AvgIpc) is 2.61. The molecule has 2 aromatic carbocycles. The Labute approximate surface area is 151 Å². The Morgan fingerprint density at radius 1 is 0.960 bits per heavy atom. The Morgan fingerprint density at radius 2 is 1.56 bits per heavy atom. The maximum Gasteiger partial charge on any atom is 0.175 e. The van der Waals surface area contributed by atoms with Gasteiger partial charge < -0.3 is 4.74 Å². The molecule has 128 valence electrons. The molecule has 1 heterocycles. The van der Waals surface area contributed by atoms with Crippen molar-refractivity contribution in [3.63, 3.8) is 0 Å². The number of methoxy groups -OCH3 is 1. The van der Waals surface area contributed by atoms with Crippen molar-refractivity contribution in [3.05, 3.63) is 59.8 Å². The molecular formula is C18H15ClN2O3S. The first-order valence-corrected chi connectivity index (χ1v) is 9.63. The highest BCUT2D eigenvalue weighted by atomic mass is 35.5. The van der Waals surface area contributed by atoms with E-state index in [1.54, 1.807) is 43.5 Å². The van der Waals surface area contributed by atoms with Crippen molar-refractivity contribution in [2.24, 2.45) is 0 Å². The molecule has 0 amide bonds. The van der Waals surface area contributed by atoms with E-state index in [0.29, 0.717) is 16.5 Å². The molecule has 0 saturated heterocycles. The van der Waals surface area contributed by atoms with E-state index in [0.717, 1.165) is 16.7 Å². The monoisotopic (exact) mass is 374 g/mol. The van der Waals surface area contributed by atoms with E-state index in [-0.39, 0.29) is 4.90 Å². The van der Waals surface area contributed by atoms with Crippen LogP contribution in [0.15, 0.2) is 59.6 Å². The maximum absolute atomic E-state index is 11.6. The quantitative estimate of drug-likeness (QED) is 0.693. The van der Waals surface area contributed by atoms with Crippen molar-refractivity contribution >= 4 is 21.4 Å². The van der Waals surface area contributed by atoms with Crippen molar-refractivity contribution in [2.75, 3.05) is 13.4 Å². The van der Waals surface area contributed by atoms with Gasteiger partial charge in [-0.3, -0.25) is 0 Å². The normalized spacial score (nSPS) is 11.3. The third kappa shape index (κ3) is 3.65. The van der Waals surface area contributed by atoms with Gasteiger partial charge in [-0.2, -0.15) is 5.10 Å². The Morgan fingerprint density at radius 3 is 2.12 bits per heavy atom. The fourth-order valence-corrected chi connectivity index (χ4v) is 3.24. The number of nitrogens with zero attached hydrogens (tertiary/aromatic N) is 2. The van der Waals surface area contributed by atoms with Gasteiger partial charge in [-0.15, -0.1) is 5.10 Å². The van der Waals surface area contributed by atoms with Crippen LogP contribution in [0.1, 0.15) is 0 Å². The van der Waals surface area contributed by atoms with Crippen LogP contribution in [0.25, 0.3) is 22.4 Å². The first-order valence-electron chi connectivity index (χ1n) is 7.36. The van der Waals surface area contributed by atoms with Crippen LogP contribution in [0.4, 0.5) is 0 Å². The summed E-state index contributed by atoms with van der Waals surface area (Å²) in [6, 6.07) is 13.8. The smallest absolute Gasteiger partial charge is 0.175 e. The van der Waals surface area contributed by atoms with Crippen LogP contribution in [-0.2, 0) is 9.84 Å². The predicted octanol–water partition coefficient (Wildman–Crippen LogP) is 3.88. The summed E-state index contributed by atoms with van der Waals surface area (Å²) < 4.78 is 28.7. The summed E-state index contributed by atoms with van der Waals surface area (Å²) in [5, 5.41) is 8.85. The van der Waals surface area contributed by atoms with Crippen LogP contribution >= 0.6 is 11.6 Å². The molecule has 0 unspecified atom stereocenters. The molecule has 1 aromatic heterocycles. The van der Waals surface area contributed by atoms with Crippen molar-refractivity contribution < 1.29 is 13.2 Å². The van der Waals surface area contributed by atoms with Crippen LogP contribution in [0, 0.1) is 0 Å². The summed E-state index contributed by atoms with van der Waals surface area (Å²) in [6.07, 6.45) is 2.71. The second-order valence-corrected chi connectivity index (χ2v) is 7.89. The summed E-state index contributed by atoms with van der Waals surface area (Å²) in [5.41, 5.74) is 2.98. The van der Waals surface area contributed by atoms with Crippen molar-refractivity contribution in [1.29, 1.82) is 0 Å². The molecule has 0 aliphatic carbocycles. The second kappa shape index (κ2) is 6.82. The summed E-state index contributed by atoms with van der Waals surface area (Å²) >= 11 is 5.97. The van der Waals surface area contributed by atoms with Crippen LogP contribution in [0.2, 0.25) is 5.02 Å². The van der Waals surface area contributed by atoms with Gasteiger partial charge in [0.15, 0.2) is 9.84 Å². The number of rotatable bonds is 4. The molecule has 3 aromatic rings. The number of aromatic nitrogens is 2. The van der Waals surface area contributed by atoms with Gasteiger partial charge in [-0.1, -0.05) is 35.9 Å². The molecule has 0 aliphatic rings. The van der Waals surface area contributed by atoms with Gasteiger partial charge in [0, 0.05) is 16.8 Å². The Hall–Kier alpha value is -2.44. The summed E-state index contributed by atoms with van der Waals surface area (Å²) in [5.74, 6) is 0.569. The Balaban J connectivity index is 2.18. The molecule has 0 N–H and O–H groups in total. The molecular weight excluding hydrogens is 360 g/mol. The zero-order valence-electron chi connectivity index (χ0n) is 13.6. The molecule has 0 radical (unpaired) electrons. The molecule has 0 fully saturated rings. The number of sulfone groups is 1. The van der Waals surface area contributed by atoms with Gasteiger partial charge in [0.2, 0.25) is 0 Å². The van der Waals surface area contributed by atoms with Gasteiger partial charge in [-0.05, 0) is 29.8 Å². The maximum atomic E-state index is 11.6. The van der Waals surface area contributed by atoms with Crippen molar-refractivity contribution in [2.45, 2.75) is 4.90 Å². The summed E-state index contributed by atoms with van der Waals surface area (Å²) in [6.45, 7) is 0. The molecule has 5 nitrogen and oxygen atoms in total. The van der Waals surface area contributed by atoms with E-state index in [9.17, 15) is 8.42 Å². The molecule has 0 saturated carbocycles. The van der Waals surface area contributed by atoms with E-state index >= 15 is 0 Å². The highest BCUT2D eigenvalue weighted by Gasteiger charge is 2.16. The summed E-state index contributed by atoms with van der Waals surface area (Å²) in [7, 11) is -1.69. The van der Waals surface area contributed by atoms with Crippen LogP contribution in [0.3, 0.4) is 0 Å². The fourth-order valence-electron chi connectivity index (χ4n) is 2.48. The van der Waals surface area contributed by atoms with E-state index in [2.05, 4.69) is 10.2 Å². The van der Waals surface area contributed by atoms with Gasteiger partial charge >= 0.3 is 0 Å². The van der Waals surface area contributed by atoms with Gasteiger partial charge in [-0.25, -0.2) is 8.42 Å². The first-order chi connectivity index (χ1) is 11.9. The van der Waals surface area contributed by atoms with Crippen molar-refractivity contribution in [3.8, 4) is 28.1 Å². The van der Waals surface area contributed by atoms with Crippen LogP contribution in [0.5, 0.6) is 5.75 Å². The van der Waals surface area contributed by atoms with Crippen LogP contribution < -0.4 is 4.74 Å². The molecule has 25 heavy (non-hydrogen) atoms. The molecule has 0 atom stereocenters. The lowest BCUT2D eigenvalue weighted by molar-refractivity contribution is 0.413. The standard InChI is InChI=1S/C18H15ClN2O3S/c1-24-16-11-20-21-18(17(16)12-3-7-14(19)8-4-12)13-5-9-15(10-6-13)25(2,22)23/h3-11H,1-2H3. The van der Waals surface area contributed by atoms with Gasteiger partial charge in [0.05, 0.1) is 23.8 Å². The highest BCUT2D eigenvalue weighted by Crippen LogP contribution is 2.37. The summed E-state index contributed by atoms with van der Waals surface area (Å²) in [4.78, 5) is 0.250. The van der Waals surface area contributed by atoms with Crippen molar-refractivity contribution in [1.82, 2.24) is 10.2 Å². The minimum Gasteiger partial charge on any atom is -0.494 e. The predicted molar refractivity (Wildman–Crippen MR) is 97.6 cm³/mol. The lowest BCUT2D eigenvalue weighted by Gasteiger charge is -2.13. The number of hydrogen-bond acceptors (Lipinski definition) is 5. The van der Waals surface area contributed by atoms with Gasteiger partial charge in [0.25, 0.3) is 0 Å². The topological polar surface area (TPSA) is 69.2 Å². The average molecular weight is 375 g/mol. The molecule has 3 rings (SSSR count). The number of benzene rings is 2. The zero-order valence-corrected chi connectivity index (χ0v) is 15.2. The largest absolute Gasteiger partial charge is 0.494 e. The SMILES string of the molecule is COc1cnnc(-c2ccc(S(C)(=O)=O)cc2)c1-c1ccc(Cl)cc1. The first kappa shape index (κ1) is 17.4. The number of halogens is 1. The van der Waals surface area contributed by atoms with E-state index in [4.69, 9.17) is 16.3 Å². The zero-order chi connectivity index (χ0) is 18.0. The van der Waals surface area contributed by atoms with Gasteiger partial charge in [0.1, 0.15) is 11.4 Å². The second-order valence-electron chi connectivity index (χ2n) is 5.44. The van der Waals surface area contributed by atoms with E-state index in [1.807, 2.05) is 12.1 Å². The highest BCUT2D eigenvalue weighted by molar-refractivity contribution is 7.90. The van der Waals surface area contributed by atoms with E-state index in [1.165, 1.54) is 12.5 Å². The Kier molecular flexibility index (Phi) is 4.74. The minimum atomic E-state index is -3.26. The molecule has 0 spiro atoms. The molecule has 0 aliphatic heterocycles. The molecule has 7 heteroatoms. The van der Waals surface area contributed by atoms with E-state index < -0.39 is 9.84 Å². The number of ether oxygens (including phenoxy) is 1. The fraction of sp³-hybridized carbons (Fsp3) is 0.111. The minimum absolute atomic E-state index is 0.250. The number of hydrogen-bond donors (Lipinski definition) is 0. The lowest BCUT2D eigenvalue weighted by atomic mass is 9.99. The van der Waals surface area contributed by atoms with Crippen LogP contribution in [-0.4, -0.2) is 32.0 Å². The molecule has 0 bridgehead atoms.